The molecule has 0 bridgehead atoms. The van der Waals surface area contributed by atoms with Crippen molar-refractivity contribution in [2.45, 2.75) is 19.4 Å². The maximum atomic E-state index is 12.4. The number of benzene rings is 2. The van der Waals surface area contributed by atoms with Crippen LogP contribution >= 0.6 is 0 Å². The summed E-state index contributed by atoms with van der Waals surface area (Å²) in [4.78, 5) is 19.2. The van der Waals surface area contributed by atoms with Gasteiger partial charge in [-0.2, -0.15) is 0 Å². The van der Waals surface area contributed by atoms with Crippen molar-refractivity contribution in [1.82, 2.24) is 4.98 Å². The molecule has 0 spiro atoms. The average molecular weight is 387 g/mol. The quantitative estimate of drug-likeness (QED) is 0.661. The lowest BCUT2D eigenvalue weighted by Crippen LogP contribution is -2.28. The molecule has 1 N–H and O–H groups in total. The lowest BCUT2D eigenvalue weighted by Gasteiger charge is -2.24. The number of rotatable bonds is 6. The van der Waals surface area contributed by atoms with Crippen LogP contribution in [0.5, 0.6) is 0 Å². The van der Waals surface area contributed by atoms with Gasteiger partial charge in [0.2, 0.25) is 5.91 Å². The maximum Gasteiger partial charge on any atom is 0.227 e. The fourth-order valence-corrected chi connectivity index (χ4v) is 3.50. The fourth-order valence-electron chi connectivity index (χ4n) is 3.50. The van der Waals surface area contributed by atoms with Crippen LogP contribution in [0.15, 0.2) is 79.0 Å². The van der Waals surface area contributed by atoms with Gasteiger partial charge in [-0.05, 0) is 42.7 Å². The number of para-hydroxylation sites is 1. The summed E-state index contributed by atoms with van der Waals surface area (Å²) in [5.74, 6) is 0.901. The predicted molar refractivity (Wildman–Crippen MR) is 115 cm³/mol. The van der Waals surface area contributed by atoms with E-state index in [4.69, 9.17) is 4.74 Å². The number of hydrogen-bond acceptors (Lipinski definition) is 4. The molecule has 0 unspecified atom stereocenters. The highest BCUT2D eigenvalue weighted by molar-refractivity contribution is 5.92. The first-order chi connectivity index (χ1) is 14.3. The van der Waals surface area contributed by atoms with E-state index in [1.54, 1.807) is 6.20 Å². The first kappa shape index (κ1) is 19.2. The van der Waals surface area contributed by atoms with E-state index in [2.05, 4.69) is 39.5 Å². The number of hydrogen-bond donors (Lipinski definition) is 1. The van der Waals surface area contributed by atoms with Crippen molar-refractivity contribution in [3.8, 4) is 0 Å². The number of aromatic nitrogens is 1. The number of nitrogens with zero attached hydrogens (tertiary/aromatic N) is 2. The minimum absolute atomic E-state index is 0.0160. The van der Waals surface area contributed by atoms with Crippen molar-refractivity contribution < 1.29 is 9.53 Å². The molecule has 1 saturated heterocycles. The zero-order valence-electron chi connectivity index (χ0n) is 16.3. The summed E-state index contributed by atoms with van der Waals surface area (Å²) in [5, 5.41) is 2.99. The molecule has 1 aromatic heterocycles. The molecule has 5 nitrogen and oxygen atoms in total. The lowest BCUT2D eigenvalue weighted by molar-refractivity contribution is -0.122. The first-order valence-electron chi connectivity index (χ1n) is 10.0. The second-order valence-electron chi connectivity index (χ2n) is 7.19. The molecule has 3 aromatic rings. The third-order valence-electron chi connectivity index (χ3n) is 5.14. The van der Waals surface area contributed by atoms with Gasteiger partial charge in [-0.1, -0.05) is 48.5 Å². The van der Waals surface area contributed by atoms with Gasteiger partial charge >= 0.3 is 0 Å². The van der Waals surface area contributed by atoms with E-state index in [-0.39, 0.29) is 11.8 Å². The number of anilines is 3. The minimum atomic E-state index is 0.0160. The third kappa shape index (κ3) is 5.00. The molecule has 0 aliphatic carbocycles. The number of carbonyl (C=O) groups excluding carboxylic acids is 1. The molecule has 4 rings (SSSR count). The Hall–Kier alpha value is -3.18. The van der Waals surface area contributed by atoms with Crippen molar-refractivity contribution in [3.05, 3.63) is 84.6 Å². The normalized spacial score (nSPS) is 14.3. The predicted octanol–water partition coefficient (Wildman–Crippen LogP) is 4.79. The van der Waals surface area contributed by atoms with Gasteiger partial charge < -0.3 is 15.0 Å². The van der Waals surface area contributed by atoms with Crippen molar-refractivity contribution in [2.75, 3.05) is 23.4 Å². The Bertz CT molecular complexity index is 908. The van der Waals surface area contributed by atoms with Crippen molar-refractivity contribution >= 4 is 23.1 Å². The minimum Gasteiger partial charge on any atom is -0.381 e. The van der Waals surface area contributed by atoms with E-state index in [0.717, 1.165) is 30.0 Å². The van der Waals surface area contributed by atoms with E-state index in [1.165, 1.54) is 5.56 Å². The van der Waals surface area contributed by atoms with Gasteiger partial charge in [-0.15, -0.1) is 0 Å². The highest BCUT2D eigenvalue weighted by atomic mass is 16.5. The van der Waals surface area contributed by atoms with Crippen LogP contribution in [-0.4, -0.2) is 24.1 Å². The molecule has 0 atom stereocenters. The molecule has 2 aromatic carbocycles. The van der Waals surface area contributed by atoms with Crippen LogP contribution in [0.1, 0.15) is 18.4 Å². The largest absolute Gasteiger partial charge is 0.381 e. The van der Waals surface area contributed by atoms with Crippen LogP contribution in [0.25, 0.3) is 0 Å². The number of amides is 1. The summed E-state index contributed by atoms with van der Waals surface area (Å²) in [7, 11) is 0. The van der Waals surface area contributed by atoms with Crippen LogP contribution < -0.4 is 10.2 Å². The van der Waals surface area contributed by atoms with E-state index >= 15 is 0 Å². The maximum absolute atomic E-state index is 12.4. The van der Waals surface area contributed by atoms with Gasteiger partial charge in [0, 0.05) is 31.4 Å². The molecule has 29 heavy (non-hydrogen) atoms. The Morgan fingerprint density at radius 3 is 2.31 bits per heavy atom. The molecule has 1 aliphatic heterocycles. The van der Waals surface area contributed by atoms with Crippen LogP contribution in [0.4, 0.5) is 17.2 Å². The Labute approximate surface area is 171 Å². The van der Waals surface area contributed by atoms with Crippen molar-refractivity contribution in [2.24, 2.45) is 5.92 Å². The summed E-state index contributed by atoms with van der Waals surface area (Å²) in [6.45, 7) is 2.02. The van der Waals surface area contributed by atoms with Crippen LogP contribution in [0.3, 0.4) is 0 Å². The zero-order valence-corrected chi connectivity index (χ0v) is 16.3. The summed E-state index contributed by atoms with van der Waals surface area (Å²) in [6.07, 6.45) is 3.28. The molecule has 1 fully saturated rings. The number of ether oxygens (including phenoxy) is 1. The Morgan fingerprint density at radius 1 is 0.966 bits per heavy atom. The smallest absolute Gasteiger partial charge is 0.227 e. The molecular weight excluding hydrogens is 362 g/mol. The summed E-state index contributed by atoms with van der Waals surface area (Å²) in [5.41, 5.74) is 3.00. The number of pyridine rings is 1. The molecule has 2 heterocycles. The van der Waals surface area contributed by atoms with E-state index in [9.17, 15) is 4.79 Å². The second-order valence-corrected chi connectivity index (χ2v) is 7.19. The highest BCUT2D eigenvalue weighted by Crippen LogP contribution is 2.27. The van der Waals surface area contributed by atoms with Crippen LogP contribution in [-0.2, 0) is 16.1 Å². The zero-order chi connectivity index (χ0) is 19.9. The van der Waals surface area contributed by atoms with Gasteiger partial charge in [-0.3, -0.25) is 4.79 Å². The topological polar surface area (TPSA) is 54.5 Å². The SMILES string of the molecule is O=C(Nc1ccc(N(Cc2ccccc2)c2ccccc2)nc1)C1CCOCC1. The molecule has 1 aliphatic rings. The molecule has 5 heteroatoms. The van der Waals surface area contributed by atoms with E-state index < -0.39 is 0 Å². The summed E-state index contributed by atoms with van der Waals surface area (Å²) in [6, 6.07) is 24.4. The van der Waals surface area contributed by atoms with Gasteiger partial charge in [0.05, 0.1) is 11.9 Å². The molecule has 148 valence electrons. The Balaban J connectivity index is 1.51. The van der Waals surface area contributed by atoms with Gasteiger partial charge in [0.25, 0.3) is 0 Å². The average Bonchev–Trinajstić information content (AvgIpc) is 2.80. The van der Waals surface area contributed by atoms with Crippen LogP contribution in [0, 0.1) is 5.92 Å². The third-order valence-corrected chi connectivity index (χ3v) is 5.14. The summed E-state index contributed by atoms with van der Waals surface area (Å²) < 4.78 is 5.34. The second kappa shape index (κ2) is 9.34. The molecule has 0 saturated carbocycles. The van der Waals surface area contributed by atoms with E-state index in [0.29, 0.717) is 19.8 Å². The molecule has 0 radical (unpaired) electrons. The summed E-state index contributed by atoms with van der Waals surface area (Å²) >= 11 is 0. The number of carbonyl (C=O) groups is 1. The first-order valence-corrected chi connectivity index (χ1v) is 10.0. The van der Waals surface area contributed by atoms with Gasteiger partial charge in [0.15, 0.2) is 0 Å². The molecular formula is C24H25N3O2. The number of nitrogens with one attached hydrogen (secondary N) is 1. The van der Waals surface area contributed by atoms with E-state index in [1.807, 2.05) is 48.5 Å². The Morgan fingerprint density at radius 2 is 1.66 bits per heavy atom. The van der Waals surface area contributed by atoms with Gasteiger partial charge in [0.1, 0.15) is 5.82 Å². The Kier molecular flexibility index (Phi) is 6.17. The van der Waals surface area contributed by atoms with Crippen LogP contribution in [0.2, 0.25) is 0 Å². The molecule has 1 amide bonds. The standard InChI is InChI=1S/C24H25N3O2/c28-24(20-13-15-29-16-14-20)26-21-11-12-23(25-17-21)27(22-9-5-2-6-10-22)18-19-7-3-1-4-8-19/h1-12,17,20H,13-16,18H2,(H,26,28). The van der Waals surface area contributed by atoms with Gasteiger partial charge in [-0.25, -0.2) is 4.98 Å². The lowest BCUT2D eigenvalue weighted by atomic mass is 9.99. The van der Waals surface area contributed by atoms with Crippen molar-refractivity contribution in [1.29, 1.82) is 0 Å². The fraction of sp³-hybridized carbons (Fsp3) is 0.250. The highest BCUT2D eigenvalue weighted by Gasteiger charge is 2.21. The monoisotopic (exact) mass is 387 g/mol. The van der Waals surface area contributed by atoms with Crippen molar-refractivity contribution in [3.63, 3.8) is 0 Å².